The molecule has 0 saturated carbocycles. The van der Waals surface area contributed by atoms with Gasteiger partial charge < -0.3 is 0 Å². The Bertz CT molecular complexity index is 1970. The van der Waals surface area contributed by atoms with E-state index in [-0.39, 0.29) is 46.2 Å². The van der Waals surface area contributed by atoms with Crippen molar-refractivity contribution in [2.24, 2.45) is 20.5 Å². The van der Waals surface area contributed by atoms with Crippen molar-refractivity contribution >= 4 is 74.0 Å². The van der Waals surface area contributed by atoms with Crippen LogP contribution in [0.3, 0.4) is 0 Å². The molecule has 0 bridgehead atoms. The zero-order chi connectivity index (χ0) is 38.7. The summed E-state index contributed by atoms with van der Waals surface area (Å²) >= 11 is -2.63. The van der Waals surface area contributed by atoms with Crippen molar-refractivity contribution in [1.29, 1.82) is 0 Å². The zero-order valence-electron chi connectivity index (χ0n) is 28.9. The molecule has 4 rings (SSSR count). The third kappa shape index (κ3) is 7.78. The van der Waals surface area contributed by atoms with Crippen LogP contribution < -0.4 is 9.03 Å². The van der Waals surface area contributed by atoms with E-state index in [2.05, 4.69) is 25.2 Å². The molecule has 1 atom stereocenters. The Kier molecular flexibility index (Phi) is 12.1. The molecule has 8 amide bonds. The molecule has 278 valence electrons. The molecule has 0 aliphatic carbocycles. The van der Waals surface area contributed by atoms with Gasteiger partial charge in [0.15, 0.2) is 0 Å². The number of urea groups is 2. The second kappa shape index (κ2) is 15.9. The van der Waals surface area contributed by atoms with Gasteiger partial charge in [-0.1, -0.05) is 26.0 Å². The number of nitrogens with zero attached hydrogens (tertiary/aromatic N) is 9. The molecule has 0 radical (unpaired) electrons. The third-order valence-corrected chi connectivity index (χ3v) is 10.2. The lowest BCUT2D eigenvalue weighted by molar-refractivity contribution is -0.144. The minimum atomic E-state index is -4.31. The van der Waals surface area contributed by atoms with Crippen LogP contribution in [0.5, 0.6) is 0 Å². The van der Waals surface area contributed by atoms with E-state index in [0.717, 1.165) is 20.2 Å². The number of hydrogen-bond donors (Lipinski definition) is 2. The summed E-state index contributed by atoms with van der Waals surface area (Å²) in [6.45, 7) is 3.56. The average Bonchev–Trinajstić information content (AvgIpc) is 3.12. The molecule has 20 nitrogen and oxygen atoms in total. The Morgan fingerprint density at radius 2 is 1.17 bits per heavy atom. The first-order chi connectivity index (χ1) is 24.5. The predicted molar refractivity (Wildman–Crippen MR) is 184 cm³/mol. The van der Waals surface area contributed by atoms with Crippen LogP contribution in [0.2, 0.25) is 0 Å². The molecule has 22 heteroatoms. The van der Waals surface area contributed by atoms with E-state index in [1.807, 2.05) is 0 Å². The van der Waals surface area contributed by atoms with E-state index in [9.17, 15) is 45.9 Å². The number of rotatable bonds is 13. The van der Waals surface area contributed by atoms with Gasteiger partial charge >= 0.3 is 12.1 Å². The summed E-state index contributed by atoms with van der Waals surface area (Å²) in [4.78, 5) is 77.3. The number of amides is 8. The van der Waals surface area contributed by atoms with E-state index >= 15 is 0 Å². The maximum Gasteiger partial charge on any atom is 0.333 e. The quantitative estimate of drug-likeness (QED) is 0.171. The van der Waals surface area contributed by atoms with Gasteiger partial charge in [0.2, 0.25) is 22.1 Å². The first-order valence-corrected chi connectivity index (χ1v) is 18.2. The lowest BCUT2D eigenvalue weighted by atomic mass is 10.0. The Morgan fingerprint density at radius 3 is 1.60 bits per heavy atom. The summed E-state index contributed by atoms with van der Waals surface area (Å²) in [5, 5.41) is 15.7. The summed E-state index contributed by atoms with van der Waals surface area (Å²) in [6, 6.07) is 2.89. The third-order valence-electron chi connectivity index (χ3n) is 7.94. The van der Waals surface area contributed by atoms with Gasteiger partial charge in [-0.25, -0.2) is 26.9 Å². The number of anilines is 1. The van der Waals surface area contributed by atoms with Crippen LogP contribution in [0.15, 0.2) is 61.8 Å². The highest BCUT2D eigenvalue weighted by Crippen LogP contribution is 2.40. The number of barbiturate groups is 2. The number of sulfonamides is 1. The number of carbonyl (C=O) groups excluding carboxylic acids is 6. The zero-order valence-corrected chi connectivity index (χ0v) is 30.5. The highest BCUT2D eigenvalue weighted by Gasteiger charge is 2.44. The second-order valence-corrected chi connectivity index (χ2v) is 14.1. The monoisotopic (exact) mass is 760 g/mol. The van der Waals surface area contributed by atoms with Gasteiger partial charge in [0, 0.05) is 52.4 Å². The summed E-state index contributed by atoms with van der Waals surface area (Å²) in [6.07, 6.45) is 0.816. The normalized spacial score (nSPS) is 17.4. The van der Waals surface area contributed by atoms with Crippen LogP contribution in [0.4, 0.5) is 26.7 Å². The fraction of sp³-hybridized carbons (Fsp3) is 0.400. The molecule has 2 heterocycles. The molecule has 0 aromatic heterocycles. The standard InChI is InChI=1S/C30H36N10O10S2/c1-7-13-31-52(49,50)22-16-18(33-35-24-27(43)38(5)30(46)39(6)28(24)44)10-12-20(22)19-11-9-17(15-21(19)40(14-8-2)51(47)48)32-34-23-25(41)36(3)29(45)37(4)26(23)42/h9-12,15-16,23-24,31H,7-8,13-14H2,1-6H3,(H,47,48). The van der Waals surface area contributed by atoms with E-state index < -0.39 is 69.1 Å². The van der Waals surface area contributed by atoms with Crippen molar-refractivity contribution in [3.63, 3.8) is 0 Å². The first kappa shape index (κ1) is 39.5. The Labute approximate surface area is 301 Å². The van der Waals surface area contributed by atoms with Crippen LogP contribution >= 0.6 is 0 Å². The summed E-state index contributed by atoms with van der Waals surface area (Å²) in [5.74, 6) is -3.67. The van der Waals surface area contributed by atoms with Crippen molar-refractivity contribution in [2.75, 3.05) is 45.6 Å². The van der Waals surface area contributed by atoms with Gasteiger partial charge in [-0.3, -0.25) is 47.6 Å². The van der Waals surface area contributed by atoms with Crippen molar-refractivity contribution < 1.29 is 45.9 Å². The fourth-order valence-electron chi connectivity index (χ4n) is 5.05. The van der Waals surface area contributed by atoms with Gasteiger partial charge in [0.05, 0.1) is 22.0 Å². The van der Waals surface area contributed by atoms with Gasteiger partial charge in [-0.05, 0) is 37.1 Å². The summed E-state index contributed by atoms with van der Waals surface area (Å²) in [7, 11) is 0.413. The smallest absolute Gasteiger partial charge is 0.289 e. The number of nitrogens with one attached hydrogen (secondary N) is 1. The Morgan fingerprint density at radius 1 is 0.731 bits per heavy atom. The van der Waals surface area contributed by atoms with Crippen molar-refractivity contribution in [1.82, 2.24) is 24.3 Å². The molecule has 1 unspecified atom stereocenters. The fourth-order valence-corrected chi connectivity index (χ4v) is 7.08. The molecule has 2 aliphatic rings. The molecule has 2 aromatic carbocycles. The van der Waals surface area contributed by atoms with Crippen LogP contribution in [-0.2, 0) is 40.5 Å². The van der Waals surface area contributed by atoms with E-state index in [0.29, 0.717) is 22.6 Å². The minimum Gasteiger partial charge on any atom is -0.289 e. The maximum absolute atomic E-state index is 13.7. The molecule has 52 heavy (non-hydrogen) atoms. The van der Waals surface area contributed by atoms with Crippen LogP contribution in [0.25, 0.3) is 11.1 Å². The molecule has 0 spiro atoms. The van der Waals surface area contributed by atoms with Gasteiger partial charge in [-0.15, -0.1) is 0 Å². The Balaban J connectivity index is 1.86. The largest absolute Gasteiger partial charge is 0.333 e. The number of hydrogen-bond acceptors (Lipinski definition) is 13. The van der Waals surface area contributed by atoms with Crippen LogP contribution in [0.1, 0.15) is 26.7 Å². The number of benzene rings is 2. The maximum atomic E-state index is 13.7. The van der Waals surface area contributed by atoms with Crippen LogP contribution in [0, 0.1) is 0 Å². The molecule has 2 aliphatic heterocycles. The lowest BCUT2D eigenvalue weighted by Crippen LogP contribution is -2.58. The van der Waals surface area contributed by atoms with Gasteiger partial charge in [-0.2, -0.15) is 20.5 Å². The minimum absolute atomic E-state index is 0.0160. The second-order valence-electron chi connectivity index (χ2n) is 11.5. The summed E-state index contributed by atoms with van der Waals surface area (Å²) < 4.78 is 53.9. The lowest BCUT2D eigenvalue weighted by Gasteiger charge is -2.30. The predicted octanol–water partition coefficient (Wildman–Crippen LogP) is 2.40. The Hall–Kier alpha value is -5.32. The molecular formula is C30H36N10O10S2. The average molecular weight is 761 g/mol. The SMILES string of the molecule is CCCNS(=O)(=O)c1cc(N=NC2C(=O)N(C)C(=O)N(C)C2=O)ccc1-c1ccc(N=NC2C(=O)N(C)C(=O)N(C)C2=O)cc1N(CCC)S(=O)O. The molecule has 2 aromatic rings. The molecular weight excluding hydrogens is 725 g/mol. The number of imide groups is 4. The summed E-state index contributed by atoms with van der Waals surface area (Å²) in [5.41, 5.74) is 0.149. The van der Waals surface area contributed by atoms with Gasteiger partial charge in [0.1, 0.15) is 0 Å². The van der Waals surface area contributed by atoms with E-state index in [1.54, 1.807) is 13.8 Å². The number of carbonyl (C=O) groups is 6. The number of azo groups is 2. The first-order valence-electron chi connectivity index (χ1n) is 15.6. The molecule has 2 N–H and O–H groups in total. The van der Waals surface area contributed by atoms with Crippen molar-refractivity contribution in [3.05, 3.63) is 36.4 Å². The topological polar surface area (TPSA) is 252 Å². The van der Waals surface area contributed by atoms with Crippen molar-refractivity contribution in [3.8, 4) is 11.1 Å². The van der Waals surface area contributed by atoms with Gasteiger partial charge in [0.25, 0.3) is 34.9 Å². The molecule has 2 saturated heterocycles. The molecule has 2 fully saturated rings. The highest BCUT2D eigenvalue weighted by molar-refractivity contribution is 7.89. The van der Waals surface area contributed by atoms with E-state index in [1.165, 1.54) is 58.5 Å². The van der Waals surface area contributed by atoms with Crippen LogP contribution in [-0.4, -0.2) is 126 Å². The van der Waals surface area contributed by atoms with E-state index in [4.69, 9.17) is 0 Å². The number of likely N-dealkylation sites (N-methyl/N-ethyl adjacent to an activating group) is 4. The highest BCUT2D eigenvalue weighted by atomic mass is 32.2. The van der Waals surface area contributed by atoms with Crippen molar-refractivity contribution in [2.45, 2.75) is 43.7 Å².